The number of benzene rings is 2. The van der Waals surface area contributed by atoms with Crippen molar-refractivity contribution in [2.75, 3.05) is 19.6 Å². The van der Waals surface area contributed by atoms with Gasteiger partial charge in [-0.25, -0.2) is 4.79 Å². The molecule has 0 atom stereocenters. The van der Waals surface area contributed by atoms with Gasteiger partial charge in [0.1, 0.15) is 5.84 Å². The summed E-state index contributed by atoms with van der Waals surface area (Å²) in [6.45, 7) is 5.24. The number of carbonyl (C=O) groups is 1. The number of piperidine rings is 1. The van der Waals surface area contributed by atoms with Crippen molar-refractivity contribution in [3.63, 3.8) is 0 Å². The smallest absolute Gasteiger partial charge is 0.335 e. The Labute approximate surface area is 213 Å². The zero-order valence-corrected chi connectivity index (χ0v) is 20.9. The minimum absolute atomic E-state index is 0. The van der Waals surface area contributed by atoms with Crippen LogP contribution in [0, 0.1) is 16.7 Å². The predicted molar refractivity (Wildman–Crippen MR) is 142 cm³/mol. The molecule has 1 fully saturated rings. The Balaban J connectivity index is 0.00000363. The van der Waals surface area contributed by atoms with Crippen molar-refractivity contribution in [2.24, 2.45) is 11.7 Å². The Hall–Kier alpha value is -2.65. The summed E-state index contributed by atoms with van der Waals surface area (Å²) in [6, 6.07) is 12.6. The number of nitrogens with zero attached hydrogens (tertiary/aromatic N) is 1. The molecule has 3 rings (SSSR count). The molecule has 0 aliphatic carbocycles. The molecule has 1 aliphatic rings. The van der Waals surface area contributed by atoms with Crippen LogP contribution in [0.3, 0.4) is 0 Å². The summed E-state index contributed by atoms with van der Waals surface area (Å²) in [5.74, 6) is 0.344. The molecule has 8 N–H and O–H groups in total. The van der Waals surface area contributed by atoms with E-state index in [-0.39, 0.29) is 41.7 Å². The molecule has 1 aliphatic heterocycles. The van der Waals surface area contributed by atoms with Gasteiger partial charge in [-0.3, -0.25) is 10.8 Å². The molecule has 0 saturated carbocycles. The van der Waals surface area contributed by atoms with E-state index in [0.717, 1.165) is 55.6 Å². The first-order valence-corrected chi connectivity index (χ1v) is 10.7. The number of likely N-dealkylation sites (tertiary alicyclic amines) is 1. The Bertz CT molecular complexity index is 979. The minimum Gasteiger partial charge on any atom is -0.478 e. The lowest BCUT2D eigenvalue weighted by atomic mass is 9.93. The van der Waals surface area contributed by atoms with Crippen LogP contribution >= 0.6 is 24.8 Å². The Morgan fingerprint density at radius 3 is 2.32 bits per heavy atom. The fourth-order valence-corrected chi connectivity index (χ4v) is 4.05. The fraction of sp³-hybridized carbons (Fsp3) is 0.375. The summed E-state index contributed by atoms with van der Waals surface area (Å²) in [4.78, 5) is 13.8. The van der Waals surface area contributed by atoms with Gasteiger partial charge in [-0.2, -0.15) is 0 Å². The Kier molecular flexibility index (Phi) is 13.4. The van der Waals surface area contributed by atoms with E-state index in [0.29, 0.717) is 23.9 Å². The van der Waals surface area contributed by atoms with Crippen LogP contribution in [0.25, 0.3) is 11.1 Å². The third kappa shape index (κ3) is 8.61. The monoisotopic (exact) mass is 511 g/mol. The average Bonchev–Trinajstić information content (AvgIpc) is 2.77. The summed E-state index contributed by atoms with van der Waals surface area (Å²) < 4.78 is 0. The van der Waals surface area contributed by atoms with Gasteiger partial charge >= 0.3 is 5.97 Å². The molecule has 1 saturated heterocycles. The van der Waals surface area contributed by atoms with E-state index in [9.17, 15) is 9.90 Å². The lowest BCUT2D eigenvalue weighted by molar-refractivity contribution is 0.0696. The molecular formula is C24H35Cl2N5O3. The van der Waals surface area contributed by atoms with Crippen molar-refractivity contribution in [3.05, 3.63) is 59.2 Å². The van der Waals surface area contributed by atoms with E-state index in [2.05, 4.69) is 10.2 Å². The van der Waals surface area contributed by atoms with Gasteiger partial charge in [0.05, 0.1) is 11.4 Å². The zero-order valence-electron chi connectivity index (χ0n) is 19.3. The molecule has 0 spiro atoms. The Morgan fingerprint density at radius 1 is 1.09 bits per heavy atom. The number of aromatic carboxylic acids is 1. The molecule has 1 heterocycles. The van der Waals surface area contributed by atoms with E-state index in [1.165, 1.54) is 0 Å². The molecule has 34 heavy (non-hydrogen) atoms. The standard InChI is InChI=1S/C24H31N5O2.2ClH.H2O/c1-16(25)29-9-6-17(7-10-29)5-8-28-15-18-11-21(14-22(12-18)24(30)31)19-3-2-4-20(13-19)23(26)27;;;/h2-4,11-14,17,25,28H,5-10,15H2,1H3,(H3,26,27)(H,30,31);2*1H;1H2. The van der Waals surface area contributed by atoms with Crippen LogP contribution in [0.1, 0.15) is 47.7 Å². The van der Waals surface area contributed by atoms with E-state index in [1.807, 2.05) is 31.2 Å². The van der Waals surface area contributed by atoms with Crippen LogP contribution in [-0.2, 0) is 6.54 Å². The maximum Gasteiger partial charge on any atom is 0.335 e. The highest BCUT2D eigenvalue weighted by atomic mass is 35.5. The second-order valence-corrected chi connectivity index (χ2v) is 8.20. The third-order valence-corrected chi connectivity index (χ3v) is 5.89. The second kappa shape index (κ2) is 14.6. The zero-order chi connectivity index (χ0) is 22.4. The summed E-state index contributed by atoms with van der Waals surface area (Å²) >= 11 is 0. The molecule has 188 valence electrons. The number of carboxylic acids is 1. The summed E-state index contributed by atoms with van der Waals surface area (Å²) in [7, 11) is 0. The van der Waals surface area contributed by atoms with Crippen molar-refractivity contribution in [2.45, 2.75) is 32.7 Å². The summed E-state index contributed by atoms with van der Waals surface area (Å²) in [5.41, 5.74) is 9.01. The quantitative estimate of drug-likeness (QED) is 0.208. The lowest BCUT2D eigenvalue weighted by Gasteiger charge is -2.32. The number of nitrogens with one attached hydrogen (secondary N) is 3. The average molecular weight is 512 g/mol. The van der Waals surface area contributed by atoms with Crippen molar-refractivity contribution < 1.29 is 15.4 Å². The van der Waals surface area contributed by atoms with Gasteiger partial charge < -0.3 is 26.5 Å². The summed E-state index contributed by atoms with van der Waals surface area (Å²) in [5, 5.41) is 28.4. The minimum atomic E-state index is -0.959. The number of halogens is 2. The van der Waals surface area contributed by atoms with Crippen molar-refractivity contribution in [3.8, 4) is 11.1 Å². The van der Waals surface area contributed by atoms with Crippen LogP contribution < -0.4 is 11.1 Å². The maximum absolute atomic E-state index is 11.6. The first kappa shape index (κ1) is 31.4. The van der Waals surface area contributed by atoms with E-state index < -0.39 is 5.97 Å². The second-order valence-electron chi connectivity index (χ2n) is 8.20. The normalized spacial score (nSPS) is 13.1. The summed E-state index contributed by atoms with van der Waals surface area (Å²) in [6.07, 6.45) is 3.31. The first-order valence-electron chi connectivity index (χ1n) is 10.7. The van der Waals surface area contributed by atoms with Crippen LogP contribution in [0.2, 0.25) is 0 Å². The maximum atomic E-state index is 11.6. The highest BCUT2D eigenvalue weighted by molar-refractivity contribution is 5.96. The molecule has 0 radical (unpaired) electrons. The van der Waals surface area contributed by atoms with Crippen LogP contribution in [0.15, 0.2) is 42.5 Å². The van der Waals surface area contributed by atoms with Crippen LogP contribution in [0.4, 0.5) is 0 Å². The largest absolute Gasteiger partial charge is 0.478 e. The Morgan fingerprint density at radius 2 is 1.74 bits per heavy atom. The van der Waals surface area contributed by atoms with Gasteiger partial charge in [-0.15, -0.1) is 24.8 Å². The fourth-order valence-electron chi connectivity index (χ4n) is 4.05. The van der Waals surface area contributed by atoms with Gasteiger partial charge in [0.2, 0.25) is 0 Å². The topological polar surface area (TPSA) is 158 Å². The van der Waals surface area contributed by atoms with Crippen molar-refractivity contribution in [1.29, 1.82) is 10.8 Å². The van der Waals surface area contributed by atoms with E-state index >= 15 is 0 Å². The molecule has 0 aromatic heterocycles. The van der Waals surface area contributed by atoms with Gasteiger partial charge in [0.15, 0.2) is 0 Å². The number of rotatable bonds is 8. The predicted octanol–water partition coefficient (Wildman–Crippen LogP) is 3.54. The van der Waals surface area contributed by atoms with E-state index in [1.54, 1.807) is 18.2 Å². The molecule has 10 heteroatoms. The number of nitrogens with two attached hydrogens (primary N) is 1. The number of nitrogen functional groups attached to an aromatic ring is 1. The van der Waals surface area contributed by atoms with Gasteiger partial charge in [-0.05, 0) is 79.6 Å². The molecule has 2 aromatic carbocycles. The van der Waals surface area contributed by atoms with Gasteiger partial charge in [0, 0.05) is 25.2 Å². The molecule has 0 unspecified atom stereocenters. The molecule has 2 aromatic rings. The van der Waals surface area contributed by atoms with Crippen LogP contribution in [0.5, 0.6) is 0 Å². The van der Waals surface area contributed by atoms with Gasteiger partial charge in [-0.1, -0.05) is 18.2 Å². The molecule has 0 bridgehead atoms. The SMILES string of the molecule is CC(=N)N1CCC(CCNCc2cc(C(=O)O)cc(-c3cccc(C(=N)N)c3)c2)CC1.Cl.Cl.O. The number of amidine groups is 2. The van der Waals surface area contributed by atoms with Crippen molar-refractivity contribution >= 4 is 42.5 Å². The highest BCUT2D eigenvalue weighted by Gasteiger charge is 2.19. The first-order chi connectivity index (χ1) is 14.8. The number of hydrogen-bond acceptors (Lipinski definition) is 4. The molecule has 0 amide bonds. The molecular weight excluding hydrogens is 477 g/mol. The van der Waals surface area contributed by atoms with Crippen molar-refractivity contribution in [1.82, 2.24) is 10.2 Å². The highest BCUT2D eigenvalue weighted by Crippen LogP contribution is 2.24. The number of hydrogen-bond donors (Lipinski definition) is 5. The van der Waals surface area contributed by atoms with Gasteiger partial charge in [0.25, 0.3) is 0 Å². The lowest BCUT2D eigenvalue weighted by Crippen LogP contribution is -2.37. The number of carboxylic acid groups (broad SMARTS) is 1. The third-order valence-electron chi connectivity index (χ3n) is 5.89. The van der Waals surface area contributed by atoms with E-state index in [4.69, 9.17) is 16.6 Å². The van der Waals surface area contributed by atoms with Crippen LogP contribution in [-0.4, -0.2) is 52.8 Å². The molecule has 8 nitrogen and oxygen atoms in total.